The zero-order valence-corrected chi connectivity index (χ0v) is 28.4. The predicted molar refractivity (Wildman–Crippen MR) is 180 cm³/mol. The molecule has 2 aliphatic heterocycles. The number of rotatable bonds is 7. The molecule has 7 nitrogen and oxygen atoms in total. The van der Waals surface area contributed by atoms with Crippen molar-refractivity contribution in [3.8, 4) is 0 Å². The third-order valence-electron chi connectivity index (χ3n) is 13.3. The summed E-state index contributed by atoms with van der Waals surface area (Å²) in [7, 11) is 0. The van der Waals surface area contributed by atoms with Crippen LogP contribution in [0.2, 0.25) is 0 Å². The summed E-state index contributed by atoms with van der Waals surface area (Å²) < 4.78 is 13.0. The molecule has 4 aliphatic carbocycles. The van der Waals surface area contributed by atoms with Crippen molar-refractivity contribution in [2.45, 2.75) is 116 Å². The fourth-order valence-corrected chi connectivity index (χ4v) is 10.7. The lowest BCUT2D eigenvalue weighted by Gasteiger charge is -2.49. The van der Waals surface area contributed by atoms with Gasteiger partial charge in [0.2, 0.25) is 5.91 Å². The van der Waals surface area contributed by atoms with Crippen molar-refractivity contribution >= 4 is 12.0 Å². The van der Waals surface area contributed by atoms with Crippen LogP contribution < -0.4 is 16.0 Å². The van der Waals surface area contributed by atoms with E-state index in [4.69, 9.17) is 9.47 Å². The van der Waals surface area contributed by atoms with Gasteiger partial charge in [-0.05, 0) is 105 Å². The number of amides is 2. The average molecular weight is 630 g/mol. The number of hydrogen-bond acceptors (Lipinski definition) is 5. The Morgan fingerprint density at radius 1 is 1.07 bits per heavy atom. The lowest BCUT2D eigenvalue weighted by Crippen LogP contribution is -2.49. The van der Waals surface area contributed by atoms with Crippen molar-refractivity contribution in [1.82, 2.24) is 16.0 Å². The van der Waals surface area contributed by atoms with E-state index in [9.17, 15) is 9.59 Å². The average Bonchev–Trinajstić information content (AvgIpc) is 3.57. The van der Waals surface area contributed by atoms with Gasteiger partial charge in [0.05, 0.1) is 11.7 Å². The maximum absolute atomic E-state index is 12.7. The van der Waals surface area contributed by atoms with E-state index in [-0.39, 0.29) is 29.1 Å². The number of piperidine rings is 1. The second-order valence-electron chi connectivity index (χ2n) is 15.8. The molecule has 1 unspecified atom stereocenters. The van der Waals surface area contributed by atoms with Gasteiger partial charge in [-0.3, -0.25) is 4.79 Å². The molecule has 4 fully saturated rings. The highest BCUT2D eigenvalue weighted by atomic mass is 16.6. The molecule has 46 heavy (non-hydrogen) atoms. The molecule has 7 heteroatoms. The molecular formula is C39H55N3O4. The first-order chi connectivity index (χ1) is 22.2. The van der Waals surface area contributed by atoms with E-state index in [1.807, 2.05) is 30.3 Å². The summed E-state index contributed by atoms with van der Waals surface area (Å²) in [6, 6.07) is 10.5. The van der Waals surface area contributed by atoms with Crippen molar-refractivity contribution < 1.29 is 19.1 Å². The summed E-state index contributed by atoms with van der Waals surface area (Å²) in [5, 5.41) is 9.60. The van der Waals surface area contributed by atoms with E-state index in [0.29, 0.717) is 61.7 Å². The molecular weight excluding hydrogens is 574 g/mol. The largest absolute Gasteiger partial charge is 0.446 e. The monoisotopic (exact) mass is 629 g/mol. The number of allylic oxidation sites excluding steroid dienone is 2. The molecule has 1 aromatic rings. The van der Waals surface area contributed by atoms with Crippen molar-refractivity contribution in [3.63, 3.8) is 0 Å². The number of alkyl carbamates (subject to hydrolysis) is 1. The third kappa shape index (κ3) is 5.74. The number of fused-ring (bicyclic) bond motifs is 6. The van der Waals surface area contributed by atoms with E-state index >= 15 is 0 Å². The van der Waals surface area contributed by atoms with Gasteiger partial charge in [-0.15, -0.1) is 0 Å². The fourth-order valence-electron chi connectivity index (χ4n) is 10.7. The van der Waals surface area contributed by atoms with Crippen LogP contribution in [-0.4, -0.2) is 55.5 Å². The Balaban J connectivity index is 0.915. The fraction of sp³-hybridized carbons (Fsp3) is 0.692. The first-order valence-electron chi connectivity index (χ1n) is 18.2. The van der Waals surface area contributed by atoms with Crippen LogP contribution in [0.25, 0.3) is 0 Å². The molecule has 6 aliphatic rings. The van der Waals surface area contributed by atoms with Crippen LogP contribution in [-0.2, 0) is 20.7 Å². The summed E-state index contributed by atoms with van der Waals surface area (Å²) in [5.74, 6) is 3.26. The van der Waals surface area contributed by atoms with Crippen molar-refractivity contribution in [2.24, 2.45) is 35.0 Å². The molecule has 0 aromatic heterocycles. The van der Waals surface area contributed by atoms with Gasteiger partial charge in [0, 0.05) is 37.9 Å². The van der Waals surface area contributed by atoms with Crippen LogP contribution in [0, 0.1) is 35.0 Å². The molecule has 3 N–H and O–H groups in total. The number of nitrogens with one attached hydrogen (secondary N) is 3. The molecule has 250 valence electrons. The summed E-state index contributed by atoms with van der Waals surface area (Å²) in [6.07, 6.45) is 12.3. The molecule has 1 spiro atoms. The topological polar surface area (TPSA) is 88.7 Å². The van der Waals surface area contributed by atoms with Crippen molar-refractivity contribution in [3.05, 3.63) is 58.7 Å². The Kier molecular flexibility index (Phi) is 8.86. The SMILES string of the molecule is CC1=C2C[C@H]3[C@@H](CC=C4C[C@@H](OC(=O)NCCNC(=O)CCc5ccccc5)CC[C@@]43C)[C@@H]2CCC12O[C@@H]1C[C@H](C)CN[C@H]1[C@H]2C. The quantitative estimate of drug-likeness (QED) is 0.237. The highest BCUT2D eigenvalue weighted by molar-refractivity contribution is 5.76. The Labute approximate surface area is 275 Å². The van der Waals surface area contributed by atoms with Crippen LogP contribution in [0.1, 0.15) is 91.0 Å². The molecule has 2 saturated heterocycles. The van der Waals surface area contributed by atoms with E-state index in [0.717, 1.165) is 50.1 Å². The Morgan fingerprint density at radius 2 is 1.87 bits per heavy atom. The summed E-state index contributed by atoms with van der Waals surface area (Å²) in [6.45, 7) is 11.6. The number of benzene rings is 1. The predicted octanol–water partition coefficient (Wildman–Crippen LogP) is 6.48. The van der Waals surface area contributed by atoms with Gasteiger partial charge in [-0.2, -0.15) is 0 Å². The minimum atomic E-state index is -0.380. The van der Waals surface area contributed by atoms with Gasteiger partial charge in [0.1, 0.15) is 6.10 Å². The van der Waals surface area contributed by atoms with Gasteiger partial charge in [0.25, 0.3) is 0 Å². The highest BCUT2D eigenvalue weighted by Gasteiger charge is 2.60. The zero-order chi connectivity index (χ0) is 32.1. The Bertz CT molecular complexity index is 1370. The van der Waals surface area contributed by atoms with E-state index in [1.54, 1.807) is 11.1 Å². The molecule has 2 saturated carbocycles. The first kappa shape index (κ1) is 31.9. The van der Waals surface area contributed by atoms with Gasteiger partial charge < -0.3 is 25.4 Å². The van der Waals surface area contributed by atoms with Crippen LogP contribution >= 0.6 is 0 Å². The molecule has 2 heterocycles. The number of carbonyl (C=O) groups is 2. The smallest absolute Gasteiger partial charge is 0.407 e. The van der Waals surface area contributed by atoms with Gasteiger partial charge in [-0.25, -0.2) is 4.79 Å². The molecule has 1 aromatic carbocycles. The number of carbonyl (C=O) groups excluding carboxylic acids is 2. The lowest BCUT2D eigenvalue weighted by atomic mass is 9.56. The molecule has 7 rings (SSSR count). The van der Waals surface area contributed by atoms with Gasteiger partial charge in [-0.1, -0.05) is 68.3 Å². The molecule has 0 bridgehead atoms. The van der Waals surface area contributed by atoms with E-state index < -0.39 is 0 Å². The van der Waals surface area contributed by atoms with E-state index in [1.165, 1.54) is 24.8 Å². The van der Waals surface area contributed by atoms with Gasteiger partial charge >= 0.3 is 6.09 Å². The lowest BCUT2D eigenvalue weighted by molar-refractivity contribution is -0.121. The van der Waals surface area contributed by atoms with Crippen molar-refractivity contribution in [2.75, 3.05) is 19.6 Å². The maximum atomic E-state index is 12.7. The molecule has 2 amide bonds. The first-order valence-corrected chi connectivity index (χ1v) is 18.2. The number of ether oxygens (including phenoxy) is 2. The minimum Gasteiger partial charge on any atom is -0.446 e. The second-order valence-corrected chi connectivity index (χ2v) is 15.8. The summed E-state index contributed by atoms with van der Waals surface area (Å²) in [5.41, 5.74) is 6.03. The minimum absolute atomic E-state index is 0.00376. The highest BCUT2D eigenvalue weighted by Crippen LogP contribution is 2.65. The van der Waals surface area contributed by atoms with Crippen LogP contribution in [0.5, 0.6) is 0 Å². The van der Waals surface area contributed by atoms with Crippen molar-refractivity contribution in [1.29, 1.82) is 0 Å². The number of hydrogen-bond donors (Lipinski definition) is 3. The third-order valence-corrected chi connectivity index (χ3v) is 13.3. The second kappa shape index (κ2) is 12.8. The van der Waals surface area contributed by atoms with Crippen LogP contribution in [0.4, 0.5) is 4.79 Å². The Morgan fingerprint density at radius 3 is 2.70 bits per heavy atom. The van der Waals surface area contributed by atoms with Crippen LogP contribution in [0.3, 0.4) is 0 Å². The maximum Gasteiger partial charge on any atom is 0.407 e. The molecule has 10 atom stereocenters. The van der Waals surface area contributed by atoms with E-state index in [2.05, 4.69) is 49.7 Å². The summed E-state index contributed by atoms with van der Waals surface area (Å²) in [4.78, 5) is 24.9. The zero-order valence-electron chi connectivity index (χ0n) is 28.4. The normalized spacial score (nSPS) is 39.5. The standard InChI is InChI=1S/C39H55N3O4/c1-24-20-34-36(42-23-24)26(3)39(46-34)17-15-30-31-12-11-28-21-29(14-16-38(28,4)33(31)22-32(30)25(39)2)45-37(44)41-19-18-40-35(43)13-10-27-8-6-5-7-9-27/h5-9,11,24,26,29-31,33-34,36,42H,10,12-23H2,1-4H3,(H,40,43)(H,41,44)/t24-,26+,29-,30-,31-,33-,34+,36-,38-,39?/m0/s1. The van der Waals surface area contributed by atoms with Gasteiger partial charge in [0.15, 0.2) is 0 Å². The number of aryl methyl sites for hydroxylation is 1. The molecule has 0 radical (unpaired) electrons. The Hall–Kier alpha value is -2.64. The summed E-state index contributed by atoms with van der Waals surface area (Å²) >= 11 is 0. The van der Waals surface area contributed by atoms with Crippen LogP contribution in [0.15, 0.2) is 53.1 Å².